The number of aryl methyl sites for hydroxylation is 2. The van der Waals surface area contributed by atoms with E-state index in [9.17, 15) is 22.4 Å². The number of furan rings is 1. The Bertz CT molecular complexity index is 1280. The lowest BCUT2D eigenvalue weighted by molar-refractivity contribution is -0.117. The van der Waals surface area contributed by atoms with Crippen LogP contribution in [0.4, 0.5) is 10.1 Å². The lowest BCUT2D eigenvalue weighted by atomic mass is 10.1. The number of amides is 1. The van der Waals surface area contributed by atoms with Crippen molar-refractivity contribution in [2.45, 2.75) is 38.5 Å². The van der Waals surface area contributed by atoms with Crippen LogP contribution >= 0.6 is 0 Å². The molecule has 1 heterocycles. The van der Waals surface area contributed by atoms with Crippen LogP contribution in [0.3, 0.4) is 0 Å². The van der Waals surface area contributed by atoms with E-state index in [1.54, 1.807) is 13.8 Å². The summed E-state index contributed by atoms with van der Waals surface area (Å²) in [4.78, 5) is 24.9. The van der Waals surface area contributed by atoms with Gasteiger partial charge >= 0.3 is 5.97 Å². The molecule has 0 saturated heterocycles. The zero-order valence-electron chi connectivity index (χ0n) is 17.6. The summed E-state index contributed by atoms with van der Waals surface area (Å²) in [6.07, 6.45) is 0.402. The first-order valence-electron chi connectivity index (χ1n) is 9.57. The Balaban J connectivity index is 2.25. The van der Waals surface area contributed by atoms with Crippen molar-refractivity contribution in [1.82, 2.24) is 0 Å². The third-order valence-electron chi connectivity index (χ3n) is 4.82. The molecule has 0 spiro atoms. The quantitative estimate of drug-likeness (QED) is 0.517. The minimum Gasteiger partial charge on any atom is -0.465 e. The number of hydrogen-bond acceptors (Lipinski definition) is 6. The van der Waals surface area contributed by atoms with Gasteiger partial charge in [-0.25, -0.2) is 21.9 Å². The lowest BCUT2D eigenvalue weighted by Crippen LogP contribution is -2.37. The number of hydrogen-bond donors (Lipinski definition) is 0. The van der Waals surface area contributed by atoms with Gasteiger partial charge in [-0.05, 0) is 62.2 Å². The highest BCUT2D eigenvalue weighted by Crippen LogP contribution is 2.33. The summed E-state index contributed by atoms with van der Waals surface area (Å²) in [6, 6.07) is 7.57. The molecule has 0 N–H and O–H groups in total. The molecular formula is C22H22FNO6S. The van der Waals surface area contributed by atoms with E-state index >= 15 is 0 Å². The van der Waals surface area contributed by atoms with Crippen LogP contribution in [0.25, 0.3) is 11.0 Å². The minimum atomic E-state index is -4.35. The average Bonchev–Trinajstić information content (AvgIpc) is 3.02. The van der Waals surface area contributed by atoms with Crippen molar-refractivity contribution in [3.8, 4) is 0 Å². The topological polar surface area (TPSA) is 93.9 Å². The highest BCUT2D eigenvalue weighted by molar-refractivity contribution is 7.93. The van der Waals surface area contributed by atoms with Crippen LogP contribution in [0.1, 0.15) is 41.4 Å². The van der Waals surface area contributed by atoms with Gasteiger partial charge in [0.1, 0.15) is 22.7 Å². The number of sulfonamides is 1. The van der Waals surface area contributed by atoms with Gasteiger partial charge in [0.25, 0.3) is 10.0 Å². The lowest BCUT2D eigenvalue weighted by Gasteiger charge is -2.23. The van der Waals surface area contributed by atoms with Gasteiger partial charge < -0.3 is 9.15 Å². The van der Waals surface area contributed by atoms with Crippen LogP contribution in [0.2, 0.25) is 0 Å². The Morgan fingerprint density at radius 2 is 1.84 bits per heavy atom. The fraction of sp³-hybridized carbons (Fsp3) is 0.273. The van der Waals surface area contributed by atoms with Crippen LogP contribution in [-0.2, 0) is 19.6 Å². The monoisotopic (exact) mass is 447 g/mol. The molecule has 31 heavy (non-hydrogen) atoms. The van der Waals surface area contributed by atoms with Crippen molar-refractivity contribution in [2.24, 2.45) is 0 Å². The SMILES string of the molecule is CCCC(=O)N(c1ccc2oc(C)c(C(=O)OC)c2c1)S(=O)(=O)c1ccc(F)cc1C. The molecular weight excluding hydrogens is 425 g/mol. The Hall–Kier alpha value is -3.20. The van der Waals surface area contributed by atoms with Crippen LogP contribution in [0.15, 0.2) is 45.7 Å². The van der Waals surface area contributed by atoms with E-state index in [-0.39, 0.29) is 28.1 Å². The molecule has 0 radical (unpaired) electrons. The van der Waals surface area contributed by atoms with Crippen LogP contribution in [0.5, 0.6) is 0 Å². The van der Waals surface area contributed by atoms with Gasteiger partial charge in [0.05, 0.1) is 17.7 Å². The highest BCUT2D eigenvalue weighted by Gasteiger charge is 2.32. The van der Waals surface area contributed by atoms with E-state index in [0.717, 1.165) is 18.2 Å². The Labute approximate surface area is 179 Å². The van der Waals surface area contributed by atoms with Crippen LogP contribution in [-0.4, -0.2) is 27.4 Å². The van der Waals surface area contributed by atoms with Crippen LogP contribution < -0.4 is 4.31 Å². The molecule has 0 atom stereocenters. The van der Waals surface area contributed by atoms with E-state index in [1.807, 2.05) is 0 Å². The van der Waals surface area contributed by atoms with Crippen molar-refractivity contribution in [2.75, 3.05) is 11.4 Å². The van der Waals surface area contributed by atoms with Gasteiger partial charge in [-0.1, -0.05) is 6.92 Å². The van der Waals surface area contributed by atoms with Crippen molar-refractivity contribution in [1.29, 1.82) is 0 Å². The Morgan fingerprint density at radius 3 is 2.45 bits per heavy atom. The number of nitrogens with zero attached hydrogens (tertiary/aromatic N) is 1. The second-order valence-electron chi connectivity index (χ2n) is 7.03. The van der Waals surface area contributed by atoms with Gasteiger partial charge in [0.2, 0.25) is 5.91 Å². The van der Waals surface area contributed by atoms with Crippen LogP contribution in [0, 0.1) is 19.7 Å². The molecule has 0 saturated carbocycles. The third kappa shape index (κ3) is 4.05. The molecule has 9 heteroatoms. The molecule has 0 aliphatic heterocycles. The average molecular weight is 447 g/mol. The fourth-order valence-corrected chi connectivity index (χ4v) is 5.08. The summed E-state index contributed by atoms with van der Waals surface area (Å²) in [6.45, 7) is 4.80. The molecule has 1 aromatic heterocycles. The number of benzene rings is 2. The number of carbonyl (C=O) groups is 2. The number of anilines is 1. The molecule has 0 unspecified atom stereocenters. The van der Waals surface area contributed by atoms with Gasteiger partial charge in [-0.15, -0.1) is 0 Å². The molecule has 7 nitrogen and oxygen atoms in total. The minimum absolute atomic E-state index is 0.0220. The predicted molar refractivity (Wildman–Crippen MR) is 113 cm³/mol. The third-order valence-corrected chi connectivity index (χ3v) is 6.73. The number of halogens is 1. The highest BCUT2D eigenvalue weighted by atomic mass is 32.2. The second-order valence-corrected chi connectivity index (χ2v) is 8.78. The van der Waals surface area contributed by atoms with Crippen molar-refractivity contribution >= 4 is 38.6 Å². The zero-order chi connectivity index (χ0) is 22.9. The summed E-state index contributed by atoms with van der Waals surface area (Å²) >= 11 is 0. The number of carbonyl (C=O) groups excluding carboxylic acids is 2. The summed E-state index contributed by atoms with van der Waals surface area (Å²) in [5.74, 6) is -1.56. The van der Waals surface area contributed by atoms with Gasteiger partial charge in [0.15, 0.2) is 0 Å². The maximum atomic E-state index is 13.5. The zero-order valence-corrected chi connectivity index (χ0v) is 18.4. The van der Waals surface area contributed by atoms with Gasteiger partial charge in [0, 0.05) is 11.8 Å². The van der Waals surface area contributed by atoms with Gasteiger partial charge in [-0.2, -0.15) is 0 Å². The molecule has 1 amide bonds. The first-order chi connectivity index (χ1) is 14.6. The molecule has 2 aromatic carbocycles. The predicted octanol–water partition coefficient (Wildman–Crippen LogP) is 4.50. The van der Waals surface area contributed by atoms with E-state index in [4.69, 9.17) is 9.15 Å². The first kappa shape index (κ1) is 22.5. The Morgan fingerprint density at radius 1 is 1.13 bits per heavy atom. The molecule has 0 aliphatic carbocycles. The summed E-state index contributed by atoms with van der Waals surface area (Å²) < 4.78 is 51.5. The summed E-state index contributed by atoms with van der Waals surface area (Å²) in [5.41, 5.74) is 0.711. The normalized spacial score (nSPS) is 11.5. The number of methoxy groups -OCH3 is 1. The molecule has 0 fully saturated rings. The summed E-state index contributed by atoms with van der Waals surface area (Å²) in [5, 5.41) is 0.321. The largest absolute Gasteiger partial charge is 0.465 e. The van der Waals surface area contributed by atoms with Gasteiger partial charge in [-0.3, -0.25) is 4.79 Å². The molecule has 0 aliphatic rings. The maximum Gasteiger partial charge on any atom is 0.342 e. The maximum absolute atomic E-state index is 13.5. The van der Waals surface area contributed by atoms with E-state index in [1.165, 1.54) is 32.2 Å². The van der Waals surface area contributed by atoms with E-state index < -0.39 is 27.7 Å². The standard InChI is InChI=1S/C22H22FNO6S/c1-5-6-20(25)24(31(27,28)19-10-7-15(23)11-13(19)2)16-8-9-18-17(12-16)21(14(3)30-18)22(26)29-4/h7-12H,5-6H2,1-4H3. The molecule has 3 aromatic rings. The van der Waals surface area contributed by atoms with Crippen molar-refractivity contribution < 1.29 is 31.6 Å². The number of esters is 1. The first-order valence-corrected chi connectivity index (χ1v) is 11.0. The summed E-state index contributed by atoms with van der Waals surface area (Å²) in [7, 11) is -3.13. The fourth-order valence-electron chi connectivity index (χ4n) is 3.42. The second kappa shape index (κ2) is 8.50. The van der Waals surface area contributed by atoms with Crippen molar-refractivity contribution in [3.05, 3.63) is 59.1 Å². The number of ether oxygens (including phenoxy) is 1. The number of rotatable bonds is 6. The number of fused-ring (bicyclic) bond motifs is 1. The Kier molecular flexibility index (Phi) is 6.17. The van der Waals surface area contributed by atoms with Crippen molar-refractivity contribution in [3.63, 3.8) is 0 Å². The van der Waals surface area contributed by atoms with E-state index in [0.29, 0.717) is 27.5 Å². The molecule has 0 bridgehead atoms. The molecule has 3 rings (SSSR count). The van der Waals surface area contributed by atoms with E-state index in [2.05, 4.69) is 0 Å². The smallest absolute Gasteiger partial charge is 0.342 e. The molecule has 164 valence electrons.